The van der Waals surface area contributed by atoms with Crippen molar-refractivity contribution in [2.45, 2.75) is 37.1 Å². The smallest absolute Gasteiger partial charge is 0.326 e. The van der Waals surface area contributed by atoms with Crippen LogP contribution in [0.15, 0.2) is 29.2 Å². The molecule has 1 fully saturated rings. The number of thioether (sulfide) groups is 1. The van der Waals surface area contributed by atoms with Crippen LogP contribution in [0.3, 0.4) is 0 Å². The van der Waals surface area contributed by atoms with E-state index in [1.807, 2.05) is 31.2 Å². The topological polar surface area (TPSA) is 57.6 Å². The summed E-state index contributed by atoms with van der Waals surface area (Å²) in [6, 6.07) is 7.56. The van der Waals surface area contributed by atoms with Gasteiger partial charge in [0, 0.05) is 23.6 Å². The highest BCUT2D eigenvalue weighted by Gasteiger charge is 2.33. The van der Waals surface area contributed by atoms with Gasteiger partial charge in [-0.1, -0.05) is 17.7 Å². The van der Waals surface area contributed by atoms with Gasteiger partial charge < -0.3 is 10.0 Å². The molecule has 0 aliphatic carbocycles. The number of nitrogens with zero attached hydrogens (tertiary/aromatic N) is 1. The molecule has 1 atom stereocenters. The molecule has 108 valence electrons. The van der Waals surface area contributed by atoms with E-state index in [4.69, 9.17) is 5.11 Å². The number of benzene rings is 1. The molecule has 2 rings (SSSR count). The van der Waals surface area contributed by atoms with E-state index in [2.05, 4.69) is 0 Å². The SMILES string of the molecule is Cc1ccc(SCCC(=O)N2CCC[C@H]2C(=O)O)cc1. The van der Waals surface area contributed by atoms with E-state index in [0.717, 1.165) is 11.3 Å². The number of hydrogen-bond donors (Lipinski definition) is 1. The average Bonchev–Trinajstić information content (AvgIpc) is 2.90. The van der Waals surface area contributed by atoms with Crippen molar-refractivity contribution in [1.82, 2.24) is 4.90 Å². The Kier molecular flexibility index (Phi) is 5.06. The van der Waals surface area contributed by atoms with Gasteiger partial charge in [0.2, 0.25) is 5.91 Å². The summed E-state index contributed by atoms with van der Waals surface area (Å²) in [4.78, 5) is 25.7. The fourth-order valence-corrected chi connectivity index (χ4v) is 3.20. The molecule has 5 heteroatoms. The number of carboxylic acids is 1. The number of carbonyl (C=O) groups excluding carboxylic acids is 1. The summed E-state index contributed by atoms with van der Waals surface area (Å²) >= 11 is 1.63. The van der Waals surface area contributed by atoms with Crippen LogP contribution in [0.5, 0.6) is 0 Å². The number of amides is 1. The molecule has 1 aromatic carbocycles. The summed E-state index contributed by atoms with van der Waals surface area (Å²) in [6.45, 7) is 2.61. The van der Waals surface area contributed by atoms with Crippen molar-refractivity contribution >= 4 is 23.6 Å². The molecule has 1 heterocycles. The summed E-state index contributed by atoms with van der Waals surface area (Å²) in [5.74, 6) is -0.248. The van der Waals surface area contributed by atoms with Crippen molar-refractivity contribution in [3.05, 3.63) is 29.8 Å². The predicted molar refractivity (Wildman–Crippen MR) is 78.9 cm³/mol. The Balaban J connectivity index is 1.80. The maximum absolute atomic E-state index is 12.1. The summed E-state index contributed by atoms with van der Waals surface area (Å²) in [5.41, 5.74) is 1.21. The predicted octanol–water partition coefficient (Wildman–Crippen LogP) is 2.55. The molecule has 0 saturated carbocycles. The number of hydrogen-bond acceptors (Lipinski definition) is 3. The third kappa shape index (κ3) is 3.76. The second-order valence-electron chi connectivity index (χ2n) is 4.99. The van der Waals surface area contributed by atoms with Gasteiger partial charge in [-0.3, -0.25) is 4.79 Å². The second-order valence-corrected chi connectivity index (χ2v) is 6.16. The Hall–Kier alpha value is -1.49. The quantitative estimate of drug-likeness (QED) is 0.848. The molecule has 1 aromatic rings. The van der Waals surface area contributed by atoms with Crippen LogP contribution in [-0.2, 0) is 9.59 Å². The first-order valence-electron chi connectivity index (χ1n) is 6.79. The minimum Gasteiger partial charge on any atom is -0.480 e. The van der Waals surface area contributed by atoms with Gasteiger partial charge in [0.15, 0.2) is 0 Å². The van der Waals surface area contributed by atoms with Gasteiger partial charge in [-0.15, -0.1) is 11.8 Å². The number of aliphatic carboxylic acids is 1. The zero-order chi connectivity index (χ0) is 14.5. The molecule has 1 saturated heterocycles. The van der Waals surface area contributed by atoms with Crippen molar-refractivity contribution < 1.29 is 14.7 Å². The van der Waals surface area contributed by atoms with Crippen LogP contribution in [0.25, 0.3) is 0 Å². The number of carboxylic acid groups (broad SMARTS) is 1. The molecule has 1 aliphatic heterocycles. The van der Waals surface area contributed by atoms with Crippen LogP contribution < -0.4 is 0 Å². The minimum absolute atomic E-state index is 0.0467. The average molecular weight is 293 g/mol. The first kappa shape index (κ1) is 14.9. The standard InChI is InChI=1S/C15H19NO3S/c1-11-4-6-12(7-5-11)20-10-8-14(17)16-9-2-3-13(16)15(18)19/h4-7,13H,2-3,8-10H2,1H3,(H,18,19)/t13-/m0/s1. The number of carbonyl (C=O) groups is 2. The van der Waals surface area contributed by atoms with Crippen molar-refractivity contribution in [1.29, 1.82) is 0 Å². The first-order valence-corrected chi connectivity index (χ1v) is 7.78. The third-order valence-electron chi connectivity index (χ3n) is 3.46. The van der Waals surface area contributed by atoms with Crippen molar-refractivity contribution in [2.75, 3.05) is 12.3 Å². The van der Waals surface area contributed by atoms with Crippen LogP contribution in [0.4, 0.5) is 0 Å². The van der Waals surface area contributed by atoms with E-state index < -0.39 is 12.0 Å². The molecule has 20 heavy (non-hydrogen) atoms. The Bertz CT molecular complexity index is 486. The van der Waals surface area contributed by atoms with Gasteiger partial charge in [0.05, 0.1) is 0 Å². The highest BCUT2D eigenvalue weighted by Crippen LogP contribution is 2.22. The molecule has 1 N–H and O–H groups in total. The number of aryl methyl sites for hydroxylation is 1. The molecule has 4 nitrogen and oxygen atoms in total. The second kappa shape index (κ2) is 6.79. The van der Waals surface area contributed by atoms with Gasteiger partial charge in [-0.2, -0.15) is 0 Å². The molecule has 1 aliphatic rings. The number of likely N-dealkylation sites (tertiary alicyclic amines) is 1. The zero-order valence-electron chi connectivity index (χ0n) is 11.5. The lowest BCUT2D eigenvalue weighted by atomic mass is 10.2. The molecule has 0 unspecified atom stereocenters. The van der Waals surface area contributed by atoms with Crippen LogP contribution in [-0.4, -0.2) is 40.2 Å². The highest BCUT2D eigenvalue weighted by molar-refractivity contribution is 7.99. The summed E-state index contributed by atoms with van der Waals surface area (Å²) in [6.07, 6.45) is 1.75. The highest BCUT2D eigenvalue weighted by atomic mass is 32.2. The van der Waals surface area contributed by atoms with E-state index in [1.54, 1.807) is 11.8 Å². The zero-order valence-corrected chi connectivity index (χ0v) is 12.4. The minimum atomic E-state index is -0.887. The van der Waals surface area contributed by atoms with Crippen LogP contribution in [0.1, 0.15) is 24.8 Å². The fraction of sp³-hybridized carbons (Fsp3) is 0.467. The van der Waals surface area contributed by atoms with Crippen molar-refractivity contribution in [3.63, 3.8) is 0 Å². The molecule has 0 bridgehead atoms. The molecule has 0 spiro atoms. The lowest BCUT2D eigenvalue weighted by molar-refractivity contribution is -0.148. The summed E-state index contributed by atoms with van der Waals surface area (Å²) < 4.78 is 0. The van der Waals surface area contributed by atoms with Crippen LogP contribution >= 0.6 is 11.8 Å². The molecule has 0 radical (unpaired) electrons. The van der Waals surface area contributed by atoms with E-state index >= 15 is 0 Å². The monoisotopic (exact) mass is 293 g/mol. The molecule has 0 aromatic heterocycles. The van der Waals surface area contributed by atoms with E-state index in [0.29, 0.717) is 25.1 Å². The lowest BCUT2D eigenvalue weighted by Crippen LogP contribution is -2.40. The van der Waals surface area contributed by atoms with Gasteiger partial charge in [0.1, 0.15) is 6.04 Å². The fourth-order valence-electron chi connectivity index (χ4n) is 2.36. The molecular weight excluding hydrogens is 274 g/mol. The Labute approximate surface area is 123 Å². The molecule has 1 amide bonds. The maximum atomic E-state index is 12.1. The number of rotatable bonds is 5. The van der Waals surface area contributed by atoms with Crippen LogP contribution in [0.2, 0.25) is 0 Å². The van der Waals surface area contributed by atoms with Gasteiger partial charge >= 0.3 is 5.97 Å². The van der Waals surface area contributed by atoms with Gasteiger partial charge in [-0.25, -0.2) is 4.79 Å². The first-order chi connectivity index (χ1) is 9.58. The van der Waals surface area contributed by atoms with Crippen molar-refractivity contribution in [2.24, 2.45) is 0 Å². The Morgan fingerprint density at radius 2 is 2.05 bits per heavy atom. The largest absolute Gasteiger partial charge is 0.480 e. The Morgan fingerprint density at radius 1 is 1.35 bits per heavy atom. The lowest BCUT2D eigenvalue weighted by Gasteiger charge is -2.21. The van der Waals surface area contributed by atoms with Gasteiger partial charge in [-0.05, 0) is 31.9 Å². The normalized spacial score (nSPS) is 18.2. The summed E-state index contributed by atoms with van der Waals surface area (Å²) in [7, 11) is 0. The van der Waals surface area contributed by atoms with Crippen molar-refractivity contribution in [3.8, 4) is 0 Å². The Morgan fingerprint density at radius 3 is 2.70 bits per heavy atom. The molecular formula is C15H19NO3S. The third-order valence-corrected chi connectivity index (χ3v) is 4.48. The van der Waals surface area contributed by atoms with Gasteiger partial charge in [0.25, 0.3) is 0 Å². The van der Waals surface area contributed by atoms with E-state index in [-0.39, 0.29) is 5.91 Å². The van der Waals surface area contributed by atoms with Crippen LogP contribution in [0, 0.1) is 6.92 Å². The van der Waals surface area contributed by atoms with E-state index in [1.165, 1.54) is 10.5 Å². The summed E-state index contributed by atoms with van der Waals surface area (Å²) in [5, 5.41) is 9.06. The maximum Gasteiger partial charge on any atom is 0.326 e. The van der Waals surface area contributed by atoms with E-state index in [9.17, 15) is 9.59 Å².